The molecule has 0 saturated carbocycles. The quantitative estimate of drug-likeness (QED) is 0.0261. The van der Waals surface area contributed by atoms with Gasteiger partial charge >= 0.3 is 17.9 Å². The molecule has 0 saturated heterocycles. The van der Waals surface area contributed by atoms with Gasteiger partial charge in [-0.1, -0.05) is 282 Å². The second-order valence-corrected chi connectivity index (χ2v) is 22.0. The molecule has 0 fully saturated rings. The molecule has 0 amide bonds. The van der Waals surface area contributed by atoms with Crippen LogP contribution >= 0.6 is 0 Å². The molecule has 1 atom stereocenters. The lowest BCUT2D eigenvalue weighted by Gasteiger charge is -2.18. The average molecular weight is 1130 g/mol. The molecule has 0 spiro atoms. The molecule has 0 radical (unpaired) electrons. The monoisotopic (exact) mass is 1130 g/mol. The second-order valence-electron chi connectivity index (χ2n) is 22.0. The first-order chi connectivity index (χ1) is 40.5. The summed E-state index contributed by atoms with van der Waals surface area (Å²) in [6, 6.07) is 0. The number of hydrogen-bond donors (Lipinski definition) is 0. The molecule has 6 heteroatoms. The van der Waals surface area contributed by atoms with Gasteiger partial charge in [-0.2, -0.15) is 0 Å². The first-order valence-corrected chi connectivity index (χ1v) is 33.8. The van der Waals surface area contributed by atoms with Crippen molar-refractivity contribution >= 4 is 17.9 Å². The lowest BCUT2D eigenvalue weighted by molar-refractivity contribution is -0.167. The van der Waals surface area contributed by atoms with Gasteiger partial charge in [0.15, 0.2) is 6.10 Å². The van der Waals surface area contributed by atoms with Crippen LogP contribution in [0, 0.1) is 0 Å². The summed E-state index contributed by atoms with van der Waals surface area (Å²) in [7, 11) is 0. The summed E-state index contributed by atoms with van der Waals surface area (Å²) < 4.78 is 16.9. The number of hydrogen-bond acceptors (Lipinski definition) is 6. The molecule has 82 heavy (non-hydrogen) atoms. The molecular weight excluding hydrogens is 1010 g/mol. The first kappa shape index (κ1) is 77.3. The third-order valence-corrected chi connectivity index (χ3v) is 14.1. The molecule has 6 nitrogen and oxygen atoms in total. The maximum Gasteiger partial charge on any atom is 0.306 e. The van der Waals surface area contributed by atoms with Crippen molar-refractivity contribution in [2.24, 2.45) is 0 Å². The van der Waals surface area contributed by atoms with Crippen LogP contribution in [0.3, 0.4) is 0 Å². The molecule has 0 aliphatic carbocycles. The Morgan fingerprint density at radius 3 is 0.756 bits per heavy atom. The fourth-order valence-electron chi connectivity index (χ4n) is 9.06. The van der Waals surface area contributed by atoms with E-state index < -0.39 is 6.10 Å². The summed E-state index contributed by atoms with van der Waals surface area (Å²) >= 11 is 0. The minimum absolute atomic E-state index is 0.0914. The highest BCUT2D eigenvalue weighted by atomic mass is 16.6. The van der Waals surface area contributed by atoms with Crippen LogP contribution in [0.4, 0.5) is 0 Å². The van der Waals surface area contributed by atoms with Crippen LogP contribution in [0.25, 0.3) is 0 Å². The van der Waals surface area contributed by atoms with Gasteiger partial charge in [0.05, 0.1) is 0 Å². The van der Waals surface area contributed by atoms with Crippen molar-refractivity contribution in [3.05, 3.63) is 146 Å². The Kier molecular flexibility index (Phi) is 64.8. The number of allylic oxidation sites excluding steroid dienone is 24. The average Bonchev–Trinajstić information content (AvgIpc) is 3.47. The lowest BCUT2D eigenvalue weighted by Crippen LogP contribution is -2.30. The standard InChI is InChI=1S/C76H124O6/c1-4-7-10-13-16-19-22-25-27-29-31-33-35-36-37-38-39-40-42-43-45-47-49-51-54-57-60-63-66-69-75(78)81-72-73(71-80-74(77)68-65-62-59-56-53-24-21-18-15-12-9-6-3)82-76(79)70-67-64-61-58-55-52-50-48-46-44-41-34-32-30-28-26-23-20-17-14-11-8-5-2/h7-8,10-11,16-21,25-28,31-34,36-37,39-40,44,46,73H,4-6,9,12-15,22-24,29-30,35,38,41-43,45,47-72H2,1-3H3/b10-7-,11-8-,19-16-,20-17-,21-18-,27-25-,28-26-,33-31-,34-32-,37-36-,40-39-,46-44-. The number of unbranched alkanes of at least 4 members (excludes halogenated alkanes) is 25. The van der Waals surface area contributed by atoms with Crippen molar-refractivity contribution < 1.29 is 28.6 Å². The Hall–Kier alpha value is -4.71. The minimum atomic E-state index is -0.796. The third kappa shape index (κ3) is 66.1. The van der Waals surface area contributed by atoms with Crippen molar-refractivity contribution in [2.75, 3.05) is 13.2 Å². The summed E-state index contributed by atoms with van der Waals surface area (Å²) in [5.41, 5.74) is 0. The Labute approximate surface area is 506 Å². The fraction of sp³-hybridized carbons (Fsp3) is 0.645. The van der Waals surface area contributed by atoms with E-state index in [1.54, 1.807) is 0 Å². The molecule has 0 rings (SSSR count). The van der Waals surface area contributed by atoms with Gasteiger partial charge in [-0.3, -0.25) is 14.4 Å². The van der Waals surface area contributed by atoms with Gasteiger partial charge in [-0.25, -0.2) is 0 Å². The van der Waals surface area contributed by atoms with Crippen LogP contribution in [0.5, 0.6) is 0 Å². The largest absolute Gasteiger partial charge is 0.462 e. The predicted octanol–water partition coefficient (Wildman–Crippen LogP) is 23.5. The van der Waals surface area contributed by atoms with Gasteiger partial charge in [-0.05, 0) is 141 Å². The van der Waals surface area contributed by atoms with Crippen molar-refractivity contribution in [1.29, 1.82) is 0 Å². The molecule has 464 valence electrons. The maximum atomic E-state index is 12.9. The predicted molar refractivity (Wildman–Crippen MR) is 357 cm³/mol. The maximum absolute atomic E-state index is 12.9. The topological polar surface area (TPSA) is 78.9 Å². The van der Waals surface area contributed by atoms with Crippen LogP contribution in [-0.2, 0) is 28.6 Å². The molecule has 0 N–H and O–H groups in total. The summed E-state index contributed by atoms with van der Waals surface area (Å²) in [6.45, 7) is 6.38. The van der Waals surface area contributed by atoms with Crippen LogP contribution in [0.2, 0.25) is 0 Å². The van der Waals surface area contributed by atoms with Crippen LogP contribution in [0.1, 0.15) is 297 Å². The smallest absolute Gasteiger partial charge is 0.306 e. The zero-order valence-electron chi connectivity index (χ0n) is 53.2. The molecule has 1 unspecified atom stereocenters. The number of ether oxygens (including phenoxy) is 3. The van der Waals surface area contributed by atoms with Crippen molar-refractivity contribution in [2.45, 2.75) is 303 Å². The lowest BCUT2D eigenvalue weighted by atomic mass is 10.1. The van der Waals surface area contributed by atoms with Crippen LogP contribution in [-0.4, -0.2) is 37.2 Å². The van der Waals surface area contributed by atoms with E-state index in [1.165, 1.54) is 109 Å². The van der Waals surface area contributed by atoms with E-state index in [1.807, 2.05) is 0 Å². The SMILES string of the molecule is CC/C=C\C/C=C\C/C=C\C/C=C\C/C=C\C/C=C\CCCCCCCCCCCCC(=O)OCC(COC(=O)CCCCCCC/C=C\CCCCC)OC(=O)CCCCCCCCC/C=C\C/C=C\C/C=C\C/C=C\C/C=C\CC. The van der Waals surface area contributed by atoms with Gasteiger partial charge in [0.25, 0.3) is 0 Å². The molecule has 0 bridgehead atoms. The van der Waals surface area contributed by atoms with E-state index in [9.17, 15) is 14.4 Å². The molecular formula is C76H124O6. The van der Waals surface area contributed by atoms with E-state index in [0.29, 0.717) is 19.3 Å². The Morgan fingerprint density at radius 1 is 0.256 bits per heavy atom. The van der Waals surface area contributed by atoms with E-state index in [2.05, 4.69) is 167 Å². The normalized spacial score (nSPS) is 13.1. The van der Waals surface area contributed by atoms with Gasteiger partial charge in [0.2, 0.25) is 0 Å². The highest BCUT2D eigenvalue weighted by Gasteiger charge is 2.19. The number of carbonyl (C=O) groups excluding carboxylic acids is 3. The van der Waals surface area contributed by atoms with E-state index >= 15 is 0 Å². The van der Waals surface area contributed by atoms with Gasteiger partial charge < -0.3 is 14.2 Å². The van der Waals surface area contributed by atoms with Crippen molar-refractivity contribution in [3.63, 3.8) is 0 Å². The molecule has 0 heterocycles. The van der Waals surface area contributed by atoms with E-state index in [-0.39, 0.29) is 31.1 Å². The molecule has 0 aromatic heterocycles. The Bertz CT molecular complexity index is 1780. The zero-order chi connectivity index (χ0) is 59.2. The van der Waals surface area contributed by atoms with Crippen LogP contribution < -0.4 is 0 Å². The number of esters is 3. The fourth-order valence-corrected chi connectivity index (χ4v) is 9.06. The third-order valence-electron chi connectivity index (χ3n) is 14.1. The highest BCUT2D eigenvalue weighted by molar-refractivity contribution is 5.71. The van der Waals surface area contributed by atoms with E-state index in [4.69, 9.17) is 14.2 Å². The molecule has 0 aromatic carbocycles. The minimum Gasteiger partial charge on any atom is -0.462 e. The summed E-state index contributed by atoms with van der Waals surface area (Å²) in [4.78, 5) is 38.4. The zero-order valence-corrected chi connectivity index (χ0v) is 53.2. The Balaban J connectivity index is 4.33. The van der Waals surface area contributed by atoms with Gasteiger partial charge in [-0.15, -0.1) is 0 Å². The van der Waals surface area contributed by atoms with Gasteiger partial charge in [0, 0.05) is 19.3 Å². The van der Waals surface area contributed by atoms with E-state index in [0.717, 1.165) is 148 Å². The second kappa shape index (κ2) is 68.8. The molecule has 0 aromatic rings. The summed E-state index contributed by atoms with van der Waals surface area (Å²) in [5, 5.41) is 0. The summed E-state index contributed by atoms with van der Waals surface area (Å²) in [6.07, 6.45) is 98.6. The van der Waals surface area contributed by atoms with Crippen molar-refractivity contribution in [3.8, 4) is 0 Å². The highest BCUT2D eigenvalue weighted by Crippen LogP contribution is 2.15. The molecule has 0 aliphatic rings. The van der Waals surface area contributed by atoms with Crippen LogP contribution in [0.15, 0.2) is 146 Å². The molecule has 0 aliphatic heterocycles. The first-order valence-electron chi connectivity index (χ1n) is 33.8. The number of carbonyl (C=O) groups is 3. The number of rotatable bonds is 60. The van der Waals surface area contributed by atoms with Crippen molar-refractivity contribution in [1.82, 2.24) is 0 Å². The summed E-state index contributed by atoms with van der Waals surface area (Å²) in [5.74, 6) is -0.913. The van der Waals surface area contributed by atoms with Gasteiger partial charge in [0.1, 0.15) is 13.2 Å². The Morgan fingerprint density at radius 2 is 0.476 bits per heavy atom.